The first-order valence-electron chi connectivity index (χ1n) is 48.6. The van der Waals surface area contributed by atoms with Gasteiger partial charge < -0.3 is 68.5 Å². The van der Waals surface area contributed by atoms with E-state index in [1.807, 2.05) is 94.2 Å². The molecule has 0 unspecified atom stereocenters. The predicted molar refractivity (Wildman–Crippen MR) is 556 cm³/mol. The lowest BCUT2D eigenvalue weighted by atomic mass is 9.93. The number of methoxy groups -OCH3 is 6. The Balaban J connectivity index is 0.000000118. The minimum atomic E-state index is -0.484. The lowest BCUT2D eigenvalue weighted by Crippen LogP contribution is -2.49. The van der Waals surface area contributed by atoms with E-state index >= 15 is 0 Å². The third-order valence-corrected chi connectivity index (χ3v) is 28.3. The van der Waals surface area contributed by atoms with Gasteiger partial charge in [0, 0.05) is 180 Å². The molecule has 5 fully saturated rings. The Bertz CT molecular complexity index is 7790. The van der Waals surface area contributed by atoms with Crippen LogP contribution in [0.15, 0.2) is 231 Å². The number of rotatable bonds is 17. The van der Waals surface area contributed by atoms with Gasteiger partial charge >= 0.3 is 0 Å². The van der Waals surface area contributed by atoms with Crippen LogP contribution < -0.4 is 81.6 Å². The van der Waals surface area contributed by atoms with Gasteiger partial charge in [0.25, 0.3) is 27.8 Å². The minimum Gasteiger partial charge on any atom is -0.494 e. The molecule has 17 heterocycles. The average molecular weight is 1960 g/mol. The molecule has 15 aromatic rings. The molecular weight excluding hydrogens is 1840 g/mol. The van der Waals surface area contributed by atoms with Crippen molar-refractivity contribution in [3.8, 4) is 90.8 Å². The molecule has 29 nitrogen and oxygen atoms in total. The summed E-state index contributed by atoms with van der Waals surface area (Å²) >= 11 is 0. The number of likely N-dealkylation sites (N-methyl/N-ethyl adjacent to an activating group) is 2. The number of pyridine rings is 5. The van der Waals surface area contributed by atoms with Crippen LogP contribution in [-0.4, -0.2) is 229 Å². The largest absolute Gasteiger partial charge is 0.494 e. The van der Waals surface area contributed by atoms with Crippen molar-refractivity contribution in [2.45, 2.75) is 72.4 Å². The molecule has 5 atom stereocenters. The number of aromatic nitrogens is 10. The number of anilines is 3. The second-order valence-electron chi connectivity index (χ2n) is 37.7. The van der Waals surface area contributed by atoms with Crippen molar-refractivity contribution in [3.63, 3.8) is 0 Å². The van der Waals surface area contributed by atoms with Crippen molar-refractivity contribution < 1.29 is 46.0 Å². The van der Waals surface area contributed by atoms with Gasteiger partial charge in [-0.05, 0) is 277 Å². The van der Waals surface area contributed by atoms with Crippen LogP contribution in [0.3, 0.4) is 0 Å². The van der Waals surface area contributed by atoms with E-state index in [2.05, 4.69) is 118 Å². The van der Waals surface area contributed by atoms with Crippen LogP contribution in [0.1, 0.15) is 67.3 Å². The molecule has 746 valence electrons. The van der Waals surface area contributed by atoms with E-state index in [4.69, 9.17) is 33.4 Å². The number of benzene rings is 5. The predicted octanol–water partition coefficient (Wildman–Crippen LogP) is 15.2. The number of halogens is 4. The second-order valence-corrected chi connectivity index (χ2v) is 37.7. The molecule has 0 aliphatic carbocycles. The summed E-state index contributed by atoms with van der Waals surface area (Å²) in [4.78, 5) is 102. The second kappa shape index (κ2) is 43.1. The number of hydrogen-bond acceptors (Lipinski definition) is 24. The van der Waals surface area contributed by atoms with Crippen molar-refractivity contribution in [2.24, 2.45) is 17.8 Å². The standard InChI is InChI=1S/2C23H25FN4O2.C22H22FN3O2.C22H26N4O3.C21H20FN3O2/c1-26-9-3-4-16-12-27(14-20(16)26)17-6-8-22-25-19(11-23(29)28(22)13-17)15-5-7-21(30-2)18(24)10-15;1-3-26-10-16-12-27(13-17(16)11-26)18-5-7-22-25-20(9-23(29)28(22)14-18)15-4-6-21(30-2)19(24)8-15;1-14-10-17(15-6-8-25(2)9-7-15)13-26-21(27)12-19(24-22(14)26)16-4-5-20(28-3)18(23)11-16;1-14-9-17(25-8-7-23-15(2)12-25)13-26-21(27)11-18(24-22(14)26)16-5-6-19(28-3)20(10-16)29-4;1-13-9-16(14-5-7-23-8-6-14)12-25-20(26)11-18(24-21(13)25)15-3-4-19(27-2)17(22)10-15/h5-8,10-11,13,16,20H,3-4,9,12,14H2,1-2H3;4-9,14,16-17H,3,10-13H2,1-2H3;4-6,10-13H,7-9H2,1-3H3;5-6,9-11,13,15,23H,7-8,12H2,1-4H3;3-5,9-12,23H,6-8H2,1-2H3/t16-,20+;16-,17+;;15-;/m1..1./s1. The van der Waals surface area contributed by atoms with Crippen molar-refractivity contribution in [2.75, 3.05) is 170 Å². The third-order valence-electron chi connectivity index (χ3n) is 28.3. The molecule has 0 bridgehead atoms. The van der Waals surface area contributed by atoms with Gasteiger partial charge in [-0.2, -0.15) is 0 Å². The number of piperidine rings is 1. The smallest absolute Gasteiger partial charge is 0.258 e. The van der Waals surface area contributed by atoms with Crippen LogP contribution in [0.4, 0.5) is 34.6 Å². The summed E-state index contributed by atoms with van der Waals surface area (Å²) in [5.74, 6) is 2.04. The molecule has 7 aliphatic rings. The van der Waals surface area contributed by atoms with Gasteiger partial charge in [-0.25, -0.2) is 42.5 Å². The maximum atomic E-state index is 14.1. The van der Waals surface area contributed by atoms with Gasteiger partial charge in [0.2, 0.25) is 0 Å². The topological polar surface area (TPSA) is 271 Å². The highest BCUT2D eigenvalue weighted by atomic mass is 19.1. The number of fused-ring (bicyclic) bond motifs is 7. The van der Waals surface area contributed by atoms with E-state index < -0.39 is 23.3 Å². The number of nitrogens with one attached hydrogen (secondary N) is 2. The zero-order chi connectivity index (χ0) is 101. The summed E-state index contributed by atoms with van der Waals surface area (Å²) in [5, 5.41) is 6.74. The van der Waals surface area contributed by atoms with Crippen LogP contribution in [-0.2, 0) is 0 Å². The maximum Gasteiger partial charge on any atom is 0.258 e. The zero-order valence-electron chi connectivity index (χ0n) is 83.1. The summed E-state index contributed by atoms with van der Waals surface area (Å²) < 4.78 is 94.7. The number of likely N-dealkylation sites (tertiary alicyclic amines) is 2. The molecule has 5 saturated heterocycles. The minimum absolute atomic E-state index is 0.104. The zero-order valence-corrected chi connectivity index (χ0v) is 83.1. The van der Waals surface area contributed by atoms with Crippen LogP contribution in [0, 0.1) is 61.8 Å². The lowest BCUT2D eigenvalue weighted by Gasteiger charge is -2.33. The fourth-order valence-corrected chi connectivity index (χ4v) is 20.5. The van der Waals surface area contributed by atoms with Gasteiger partial charge in [0.1, 0.15) is 28.2 Å². The third kappa shape index (κ3) is 21.3. The van der Waals surface area contributed by atoms with Crippen LogP contribution in [0.2, 0.25) is 0 Å². The molecule has 22 rings (SSSR count). The fraction of sp³-hybridized carbons (Fsp3) is 0.333. The molecule has 0 saturated carbocycles. The normalized spacial score (nSPS) is 18.0. The molecule has 5 aromatic carbocycles. The highest BCUT2D eigenvalue weighted by Gasteiger charge is 2.41. The summed E-state index contributed by atoms with van der Waals surface area (Å²) in [5.41, 5.74) is 17.9. The van der Waals surface area contributed by atoms with E-state index in [-0.39, 0.29) is 50.8 Å². The Hall–Kier alpha value is -14.9. The van der Waals surface area contributed by atoms with Crippen molar-refractivity contribution >= 4 is 56.4 Å². The van der Waals surface area contributed by atoms with Crippen molar-refractivity contribution in [1.29, 1.82) is 0 Å². The first-order chi connectivity index (χ1) is 69.6. The first-order valence-corrected chi connectivity index (χ1v) is 48.6. The highest BCUT2D eigenvalue weighted by Crippen LogP contribution is 2.39. The Morgan fingerprint density at radius 3 is 1.20 bits per heavy atom. The summed E-state index contributed by atoms with van der Waals surface area (Å²) in [7, 11) is 13.2. The molecule has 10 aromatic heterocycles. The summed E-state index contributed by atoms with van der Waals surface area (Å²) in [6.45, 7) is 25.3. The molecule has 33 heteroatoms. The Morgan fingerprint density at radius 2 is 0.785 bits per heavy atom. The number of hydrogen-bond donors (Lipinski definition) is 2. The van der Waals surface area contributed by atoms with Gasteiger partial charge in [0.15, 0.2) is 57.8 Å². The van der Waals surface area contributed by atoms with Crippen LogP contribution >= 0.6 is 0 Å². The van der Waals surface area contributed by atoms with E-state index in [0.29, 0.717) is 120 Å². The number of ether oxygens (including phenoxy) is 6. The molecule has 144 heavy (non-hydrogen) atoms. The molecule has 0 amide bonds. The Kier molecular flexibility index (Phi) is 29.7. The summed E-state index contributed by atoms with van der Waals surface area (Å²) in [6, 6.07) is 46.2. The van der Waals surface area contributed by atoms with Gasteiger partial charge in [0.05, 0.1) is 88.2 Å². The maximum absolute atomic E-state index is 14.1. The van der Waals surface area contributed by atoms with Gasteiger partial charge in [-0.3, -0.25) is 46.0 Å². The van der Waals surface area contributed by atoms with Crippen molar-refractivity contribution in [1.82, 2.24) is 72.3 Å². The Morgan fingerprint density at radius 1 is 0.375 bits per heavy atom. The monoisotopic (exact) mass is 1950 g/mol. The van der Waals surface area contributed by atoms with Gasteiger partial charge in [-0.15, -0.1) is 0 Å². The van der Waals surface area contributed by atoms with E-state index in [1.54, 1.807) is 78.7 Å². The first kappa shape index (κ1) is 99.2. The molecular formula is C111H118F4N18O11. The van der Waals surface area contributed by atoms with E-state index in [0.717, 1.165) is 161 Å². The SMILES string of the molecule is CCN1C[C@@H]2CN(c3ccc4nc(-c5ccc(OC)c(F)c5)cc(=O)n4c3)C[C@@H]2C1.COc1ccc(-c2cc(=O)n3cc(C4=CCN(C)CC4)cc(C)c3n2)cc1F.COc1ccc(-c2cc(=O)n3cc(C4=CCNCC4)cc(C)c3n2)cc1F.COc1ccc(-c2cc(=O)n3cc(N4CCN[C@H](C)C4)cc(C)c3n2)cc1OC.COc1ccc(-c2cc(=O)n3cc(N4C[C@H]5CCCN(C)[C@H]5C4)ccc3n2)cc1F. The molecule has 7 aliphatic heterocycles. The number of aryl methyl sites for hydroxylation is 3. The van der Waals surface area contributed by atoms with Crippen molar-refractivity contribution in [3.05, 3.63) is 310 Å². The van der Waals surface area contributed by atoms with E-state index in [9.17, 15) is 41.5 Å². The summed E-state index contributed by atoms with van der Waals surface area (Å²) in [6.07, 6.45) is 18.1. The number of piperazine rings is 1. The quantitative estimate of drug-likeness (QED) is 0.0802. The lowest BCUT2D eigenvalue weighted by molar-refractivity contribution is 0.158. The number of nitrogens with zero attached hydrogens (tertiary/aromatic N) is 16. The molecule has 0 spiro atoms. The molecule has 2 N–H and O–H groups in total. The fourth-order valence-electron chi connectivity index (χ4n) is 20.5. The van der Waals surface area contributed by atoms with E-state index in [1.165, 1.54) is 113 Å². The highest BCUT2D eigenvalue weighted by molar-refractivity contribution is 5.75. The van der Waals surface area contributed by atoms with Crippen LogP contribution in [0.5, 0.6) is 34.5 Å². The van der Waals surface area contributed by atoms with Crippen LogP contribution in [0.25, 0.3) is 95.7 Å². The Labute approximate surface area is 830 Å². The van der Waals surface area contributed by atoms with Gasteiger partial charge in [-0.1, -0.05) is 19.1 Å². The molecule has 0 radical (unpaired) electrons. The average Bonchev–Trinajstić information content (AvgIpc) is 1.23.